The Morgan fingerprint density at radius 3 is 1.41 bits per heavy atom. The minimum Gasteiger partial charge on any atom is -0.121 e. The summed E-state index contributed by atoms with van der Waals surface area (Å²) in [5.74, 6) is 0. The molecule has 0 fully saturated rings. The van der Waals surface area contributed by atoms with Gasteiger partial charge in [0.25, 0.3) is 0 Å². The van der Waals surface area contributed by atoms with Crippen molar-refractivity contribution >= 4 is 8.58 Å². The third kappa shape index (κ3) is 4.71. The summed E-state index contributed by atoms with van der Waals surface area (Å²) < 4.78 is 0. The lowest BCUT2D eigenvalue weighted by Gasteiger charge is -2.03. The maximum Gasteiger partial charge on any atom is -0.0242 e. The van der Waals surface area contributed by atoms with Gasteiger partial charge in [-0.1, -0.05) is 60.7 Å². The number of hydrogen-bond donors (Lipinski definition) is 0. The second-order valence-corrected chi connectivity index (χ2v) is 5.72. The van der Waals surface area contributed by atoms with Crippen molar-refractivity contribution < 1.29 is 0 Å². The normalized spacial score (nSPS) is 10.4. The van der Waals surface area contributed by atoms with E-state index in [1.165, 1.54) is 36.3 Å². The first-order valence-electron chi connectivity index (χ1n) is 6.24. The summed E-state index contributed by atoms with van der Waals surface area (Å²) in [7, 11) is 1.08. The smallest absolute Gasteiger partial charge is 0.0242 e. The summed E-state index contributed by atoms with van der Waals surface area (Å²) in [6.07, 6.45) is 5.12. The predicted octanol–water partition coefficient (Wildman–Crippen LogP) is 4.15. The number of aryl methyl sites for hydroxylation is 2. The van der Waals surface area contributed by atoms with E-state index in [2.05, 4.69) is 60.7 Å². The van der Waals surface area contributed by atoms with Gasteiger partial charge in [-0.05, 0) is 36.3 Å². The van der Waals surface area contributed by atoms with Crippen LogP contribution in [0.5, 0.6) is 0 Å². The zero-order chi connectivity index (χ0) is 11.8. The Hall–Kier alpha value is -1.13. The summed E-state index contributed by atoms with van der Waals surface area (Å²) >= 11 is 0. The second-order valence-electron chi connectivity index (χ2n) is 4.22. The molecule has 1 heteroatoms. The molecule has 0 aliphatic heterocycles. The van der Waals surface area contributed by atoms with Gasteiger partial charge >= 0.3 is 0 Å². The third-order valence-corrected chi connectivity index (χ3v) is 4.07. The molecule has 0 unspecified atom stereocenters. The van der Waals surface area contributed by atoms with Crippen molar-refractivity contribution in [3.8, 4) is 0 Å². The highest BCUT2D eigenvalue weighted by Crippen LogP contribution is 2.15. The van der Waals surface area contributed by atoms with Gasteiger partial charge in [-0.15, -0.1) is 8.58 Å². The lowest BCUT2D eigenvalue weighted by Crippen LogP contribution is -1.90. The zero-order valence-corrected chi connectivity index (χ0v) is 11.1. The molecule has 0 radical (unpaired) electrons. The lowest BCUT2D eigenvalue weighted by atomic mass is 10.2. The molecule has 0 nitrogen and oxygen atoms in total. The molecule has 2 rings (SSSR count). The van der Waals surface area contributed by atoms with E-state index in [1.807, 2.05) is 0 Å². The SMILES string of the molecule is c1ccc(CCPCCc2ccccc2)cc1. The molecule has 0 spiro atoms. The van der Waals surface area contributed by atoms with Crippen molar-refractivity contribution in [3.63, 3.8) is 0 Å². The highest BCUT2D eigenvalue weighted by atomic mass is 31.1. The van der Waals surface area contributed by atoms with Crippen LogP contribution in [-0.4, -0.2) is 12.3 Å². The summed E-state index contributed by atoms with van der Waals surface area (Å²) in [6, 6.07) is 21.6. The van der Waals surface area contributed by atoms with Gasteiger partial charge in [-0.25, -0.2) is 0 Å². The molecule has 0 aliphatic rings. The average molecular weight is 242 g/mol. The van der Waals surface area contributed by atoms with Crippen LogP contribution in [0, 0.1) is 0 Å². The number of hydrogen-bond acceptors (Lipinski definition) is 0. The van der Waals surface area contributed by atoms with Crippen LogP contribution in [0.3, 0.4) is 0 Å². The molecule has 17 heavy (non-hydrogen) atoms. The third-order valence-electron chi connectivity index (χ3n) is 2.87. The molecule has 0 aliphatic carbocycles. The van der Waals surface area contributed by atoms with E-state index < -0.39 is 0 Å². The summed E-state index contributed by atoms with van der Waals surface area (Å²) in [5, 5.41) is 0. The van der Waals surface area contributed by atoms with Crippen molar-refractivity contribution in [2.24, 2.45) is 0 Å². The van der Waals surface area contributed by atoms with Gasteiger partial charge in [0.2, 0.25) is 0 Å². The fourth-order valence-corrected chi connectivity index (χ4v) is 3.06. The Balaban J connectivity index is 1.61. The topological polar surface area (TPSA) is 0 Å². The highest BCUT2D eigenvalue weighted by Gasteiger charge is 1.94. The summed E-state index contributed by atoms with van der Waals surface area (Å²) in [6.45, 7) is 0. The standard InChI is InChI=1S/C16H19P/c1-3-7-15(8-4-1)11-13-17-14-12-16-9-5-2-6-10-16/h1-10,17H,11-14H2. The van der Waals surface area contributed by atoms with E-state index in [0.29, 0.717) is 0 Å². The van der Waals surface area contributed by atoms with Crippen LogP contribution in [0.2, 0.25) is 0 Å². The van der Waals surface area contributed by atoms with Gasteiger partial charge in [0.05, 0.1) is 0 Å². The van der Waals surface area contributed by atoms with Crippen LogP contribution in [0.4, 0.5) is 0 Å². The molecule has 0 saturated carbocycles. The summed E-state index contributed by atoms with van der Waals surface area (Å²) in [4.78, 5) is 0. The molecular formula is C16H19P. The molecule has 2 aromatic carbocycles. The number of rotatable bonds is 6. The van der Waals surface area contributed by atoms with Crippen LogP contribution in [-0.2, 0) is 12.8 Å². The molecule has 0 aromatic heterocycles. The average Bonchev–Trinajstić information content (AvgIpc) is 2.41. The maximum absolute atomic E-state index is 2.22. The first-order chi connectivity index (χ1) is 8.45. The molecule has 0 saturated heterocycles. The van der Waals surface area contributed by atoms with Gasteiger partial charge < -0.3 is 0 Å². The maximum atomic E-state index is 2.22. The fraction of sp³-hybridized carbons (Fsp3) is 0.250. The van der Waals surface area contributed by atoms with Crippen LogP contribution < -0.4 is 0 Å². The number of benzene rings is 2. The van der Waals surface area contributed by atoms with Crippen molar-refractivity contribution in [2.45, 2.75) is 12.8 Å². The lowest BCUT2D eigenvalue weighted by molar-refractivity contribution is 1.12. The first kappa shape index (κ1) is 12.3. The molecule has 0 atom stereocenters. The Labute approximate surface area is 106 Å². The molecular weight excluding hydrogens is 223 g/mol. The van der Waals surface area contributed by atoms with Crippen LogP contribution in [0.25, 0.3) is 0 Å². The van der Waals surface area contributed by atoms with Crippen LogP contribution >= 0.6 is 8.58 Å². The van der Waals surface area contributed by atoms with Crippen molar-refractivity contribution in [2.75, 3.05) is 12.3 Å². The van der Waals surface area contributed by atoms with Gasteiger partial charge in [0, 0.05) is 0 Å². The largest absolute Gasteiger partial charge is 0.121 e. The Morgan fingerprint density at radius 2 is 1.00 bits per heavy atom. The first-order valence-corrected chi connectivity index (χ1v) is 7.65. The van der Waals surface area contributed by atoms with Crippen molar-refractivity contribution in [1.82, 2.24) is 0 Å². The fourth-order valence-electron chi connectivity index (χ4n) is 1.88. The Kier molecular flexibility index (Phi) is 5.26. The van der Waals surface area contributed by atoms with E-state index in [-0.39, 0.29) is 0 Å². The van der Waals surface area contributed by atoms with E-state index in [4.69, 9.17) is 0 Å². The second kappa shape index (κ2) is 7.25. The van der Waals surface area contributed by atoms with E-state index in [0.717, 1.165) is 8.58 Å². The Morgan fingerprint density at radius 1 is 0.588 bits per heavy atom. The van der Waals surface area contributed by atoms with E-state index >= 15 is 0 Å². The van der Waals surface area contributed by atoms with Crippen molar-refractivity contribution in [1.29, 1.82) is 0 Å². The molecule has 88 valence electrons. The monoisotopic (exact) mass is 242 g/mol. The molecule has 2 aromatic rings. The predicted molar refractivity (Wildman–Crippen MR) is 78.3 cm³/mol. The van der Waals surface area contributed by atoms with Gasteiger partial charge in [0.1, 0.15) is 0 Å². The van der Waals surface area contributed by atoms with Crippen LogP contribution in [0.15, 0.2) is 60.7 Å². The zero-order valence-electron chi connectivity index (χ0n) is 10.1. The molecule has 0 bridgehead atoms. The quantitative estimate of drug-likeness (QED) is 0.527. The molecule has 0 amide bonds. The van der Waals surface area contributed by atoms with Gasteiger partial charge in [0.15, 0.2) is 0 Å². The molecule has 0 N–H and O–H groups in total. The van der Waals surface area contributed by atoms with Gasteiger partial charge in [-0.2, -0.15) is 0 Å². The van der Waals surface area contributed by atoms with Crippen LogP contribution in [0.1, 0.15) is 11.1 Å². The van der Waals surface area contributed by atoms with Gasteiger partial charge in [-0.3, -0.25) is 0 Å². The minimum absolute atomic E-state index is 1.08. The van der Waals surface area contributed by atoms with E-state index in [9.17, 15) is 0 Å². The summed E-state index contributed by atoms with van der Waals surface area (Å²) in [5.41, 5.74) is 2.94. The van der Waals surface area contributed by atoms with Crippen molar-refractivity contribution in [3.05, 3.63) is 71.8 Å². The molecule has 0 heterocycles. The highest BCUT2D eigenvalue weighted by molar-refractivity contribution is 7.37. The minimum atomic E-state index is 1.08. The van der Waals surface area contributed by atoms with E-state index in [1.54, 1.807) is 0 Å². The Bertz CT molecular complexity index is 367.